The van der Waals surface area contributed by atoms with Crippen molar-refractivity contribution in [1.82, 2.24) is 89.6 Å². The first kappa shape index (κ1) is 109. The Morgan fingerprint density at radius 2 is 0.862 bits per heavy atom. The van der Waals surface area contributed by atoms with Gasteiger partial charge in [0.2, 0.25) is 88.6 Å². The minimum atomic E-state index is -2.19. The molecule has 3 heterocycles. The minimum absolute atomic E-state index is 0.0238. The summed E-state index contributed by atoms with van der Waals surface area (Å²) >= 11 is 1.30. The average molecular weight is 1940 g/mol. The molecule has 2 aliphatic heterocycles. The third-order valence-electron chi connectivity index (χ3n) is 22.7. The molecule has 2 fully saturated rings. The first-order valence-corrected chi connectivity index (χ1v) is 46.1. The van der Waals surface area contributed by atoms with Gasteiger partial charge in [-0.15, -0.1) is 0 Å². The number of aromatic nitrogens is 1. The van der Waals surface area contributed by atoms with Crippen molar-refractivity contribution in [3.63, 3.8) is 0 Å². The van der Waals surface area contributed by atoms with Crippen molar-refractivity contribution in [3.05, 3.63) is 167 Å². The second-order valence-corrected chi connectivity index (χ2v) is 34.1. The number of hydrogen-bond donors (Lipinski definition) is 25. The number of rotatable bonds is 56. The zero-order chi connectivity index (χ0) is 101. The highest BCUT2D eigenvalue weighted by molar-refractivity contribution is 7.98. The summed E-state index contributed by atoms with van der Waals surface area (Å²) in [5, 5.41) is 118. The number of aromatic hydroxyl groups is 2. The molecular weight excluding hydrogens is 1820 g/mol. The number of aliphatic hydroxyl groups is 2. The summed E-state index contributed by atoms with van der Waals surface area (Å²) in [5.41, 5.74) is 8.95. The number of fused-ring (bicyclic) bond motifs is 1. The predicted molar refractivity (Wildman–Crippen MR) is 495 cm³/mol. The number of H-pyrrole nitrogens is 1. The number of nitrogens with two attached hydrogens (primary N) is 1. The number of carbonyl (C=O) groups excluding carboxylic acids is 15. The summed E-state index contributed by atoms with van der Waals surface area (Å²) in [6.07, 6.45) is 0.148. The summed E-state index contributed by atoms with van der Waals surface area (Å²) in [5.74, 6) is -22.2. The molecule has 26 N–H and O–H groups in total. The maximum absolute atomic E-state index is 15.2. The monoisotopic (exact) mass is 1940 g/mol. The Morgan fingerprint density at radius 3 is 1.38 bits per heavy atom. The quantitative estimate of drug-likeness (QED) is 0.0162. The second kappa shape index (κ2) is 54.8. The molecule has 6 aromatic rings. The molecule has 0 unspecified atom stereocenters. The number of benzene rings is 5. The number of carboxylic acid groups (broad SMARTS) is 4. The number of thioether (sulfide) groups is 1. The topological polar surface area (TPSA) is 712 Å². The lowest BCUT2D eigenvalue weighted by molar-refractivity contribution is -0.144. The lowest BCUT2D eigenvalue weighted by atomic mass is 10.0. The van der Waals surface area contributed by atoms with Crippen molar-refractivity contribution < 1.29 is 132 Å². The number of hydrogen-bond acceptors (Lipinski definition) is 26. The first-order chi connectivity index (χ1) is 65.9. The van der Waals surface area contributed by atoms with E-state index in [1.807, 2.05) is 24.3 Å². The highest BCUT2D eigenvalue weighted by Gasteiger charge is 2.43. The Kier molecular flexibility index (Phi) is 43.2. The lowest BCUT2D eigenvalue weighted by Crippen LogP contribution is -2.61. The molecule has 0 spiro atoms. The van der Waals surface area contributed by atoms with Crippen molar-refractivity contribution >= 4 is 135 Å². The fourth-order valence-electron chi connectivity index (χ4n) is 15.3. The first-order valence-electron chi connectivity index (χ1n) is 44.7. The van der Waals surface area contributed by atoms with Crippen LogP contribution in [-0.4, -0.2) is 305 Å². The fraction of sp³-hybridized carbons (Fsp3) is 0.446. The van der Waals surface area contributed by atoms with Crippen LogP contribution in [0.3, 0.4) is 0 Å². The van der Waals surface area contributed by atoms with E-state index in [1.54, 1.807) is 61.0 Å². The molecule has 15 amide bonds. The molecule has 46 heteroatoms. The van der Waals surface area contributed by atoms with Crippen LogP contribution in [0.15, 0.2) is 140 Å². The van der Waals surface area contributed by atoms with Crippen molar-refractivity contribution in [2.45, 2.75) is 207 Å². The number of amides is 15. The van der Waals surface area contributed by atoms with Gasteiger partial charge in [0.25, 0.3) is 0 Å². The summed E-state index contributed by atoms with van der Waals surface area (Å²) in [6.45, 7) is -1.42. The van der Waals surface area contributed by atoms with Gasteiger partial charge >= 0.3 is 23.9 Å². The molecule has 45 nitrogen and oxygen atoms in total. The van der Waals surface area contributed by atoms with Crippen molar-refractivity contribution in [2.24, 2.45) is 5.73 Å². The normalized spacial score (nSPS) is 16.1. The number of para-hydroxylation sites is 1. The number of aliphatic hydroxyl groups excluding tert-OH is 2. The largest absolute Gasteiger partial charge is 0.508 e. The number of carbonyl (C=O) groups is 19. The van der Waals surface area contributed by atoms with E-state index >= 15 is 4.79 Å². The van der Waals surface area contributed by atoms with E-state index in [4.69, 9.17) is 5.73 Å². The van der Waals surface area contributed by atoms with Crippen LogP contribution in [0.5, 0.6) is 11.5 Å². The molecule has 2 aliphatic rings. The van der Waals surface area contributed by atoms with Crippen LogP contribution < -0.4 is 85.5 Å². The van der Waals surface area contributed by atoms with Gasteiger partial charge in [-0.05, 0) is 148 Å². The second-order valence-electron chi connectivity index (χ2n) is 33.2. The maximum atomic E-state index is 15.2. The van der Waals surface area contributed by atoms with E-state index in [-0.39, 0.29) is 88.1 Å². The third-order valence-corrected chi connectivity index (χ3v) is 23.4. The fourth-order valence-corrected chi connectivity index (χ4v) is 15.8. The molecule has 0 saturated carbocycles. The Hall–Kier alpha value is -14.6. The van der Waals surface area contributed by atoms with Crippen molar-refractivity contribution in [3.8, 4) is 11.5 Å². The van der Waals surface area contributed by atoms with Crippen LogP contribution in [0.1, 0.15) is 112 Å². The number of unbranched alkanes of at least 4 members (excludes halogenated alkanes) is 1. The molecule has 2 saturated heterocycles. The van der Waals surface area contributed by atoms with Gasteiger partial charge in [-0.2, -0.15) is 11.8 Å². The van der Waals surface area contributed by atoms with Gasteiger partial charge in [0.1, 0.15) is 96.1 Å². The number of nitrogens with zero attached hydrogens (tertiary/aromatic N) is 1. The van der Waals surface area contributed by atoms with Crippen LogP contribution >= 0.6 is 11.8 Å². The van der Waals surface area contributed by atoms with Crippen LogP contribution in [0, 0.1) is 0 Å². The smallest absolute Gasteiger partial charge is 0.326 e. The predicted octanol–water partition coefficient (Wildman–Crippen LogP) is -3.96. The van der Waals surface area contributed by atoms with Gasteiger partial charge in [0, 0.05) is 62.2 Å². The van der Waals surface area contributed by atoms with Crippen LogP contribution in [0.2, 0.25) is 0 Å². The van der Waals surface area contributed by atoms with Crippen LogP contribution in [0.25, 0.3) is 10.9 Å². The van der Waals surface area contributed by atoms with E-state index in [0.717, 1.165) is 17.3 Å². The molecule has 744 valence electrons. The van der Waals surface area contributed by atoms with Gasteiger partial charge in [-0.3, -0.25) is 86.3 Å². The Bertz CT molecular complexity index is 5250. The standard InChI is InChI=1S/C92H118N18O27S/c1-50(97-81(125)63(34-38-138-2)101-83(127)65(40-52-17-7-4-8-18-52)106-90(134)73-23-14-37-110(73)91(135)69(41-53-24-28-56(113)29-25-53)107-85(129)66(103-80(124)60-22-13-36-94-60)43-55-46-95-59-20-10-9-19-58(55)59)78(122)109-72(49-112)89(133)99-61(21-11-12-35-93)79(123)96-47-74(115)98-71(48-111)88(132)100-62(32-33-75(116)117)82(126)104-67(44-76(118)119)86(130)102-64(39-51-15-5-3-6-16-51)84(128)105-68(45-77(120)121)87(131)108-70(92(136)137)42-54-26-30-57(114)31-27-54/h3-10,15-20,24-31,46,50,60-73,94-95,111-114H,11-14,21-23,32-45,47-49,93H2,1-2H3,(H,96,123)(H,97,125)(H,98,115)(H,99,133)(H,100,132)(H,101,127)(H,102,130)(H,103,124)(H,104,126)(H,105,128)(H,106,134)(H,107,129)(H,108,131)(H,109,122)(H,116,117)(H,118,119)(H,120,121)(H,136,137)/t50-,60-,61-,62-,63-,64-,65-,66-,67-,68-,69-,70-,71-,72-,73-/m0/s1. The highest BCUT2D eigenvalue weighted by atomic mass is 32.2. The minimum Gasteiger partial charge on any atom is -0.508 e. The average Bonchev–Trinajstić information content (AvgIpc) is 1.62. The molecule has 138 heavy (non-hydrogen) atoms. The zero-order valence-corrected chi connectivity index (χ0v) is 76.5. The Labute approximate surface area is 795 Å². The zero-order valence-electron chi connectivity index (χ0n) is 75.7. The number of aromatic amines is 1. The maximum Gasteiger partial charge on any atom is 0.326 e. The molecule has 0 radical (unpaired) electrons. The van der Waals surface area contributed by atoms with Crippen molar-refractivity contribution in [1.29, 1.82) is 0 Å². The van der Waals surface area contributed by atoms with Gasteiger partial charge in [-0.25, -0.2) is 4.79 Å². The summed E-state index contributed by atoms with van der Waals surface area (Å²) in [6, 6.07) is 10.8. The number of aliphatic carboxylic acids is 4. The number of nitrogens with one attached hydrogen (secondary N) is 16. The molecule has 0 aliphatic carbocycles. The van der Waals surface area contributed by atoms with Gasteiger partial charge in [-0.1, -0.05) is 103 Å². The summed E-state index contributed by atoms with van der Waals surface area (Å²) in [4.78, 5) is 266. The number of likely N-dealkylation sites (tertiary alicyclic amines) is 1. The SMILES string of the molecule is CSCC[C@H](NC(=O)[C@H](Cc1ccccc1)NC(=O)[C@@H]1CCCN1C(=O)[C@H](Cc1ccc(O)cc1)NC(=O)[C@H](Cc1c[nH]c2ccccc12)NC(=O)[C@@H]1CCCN1)C(=O)N[C@@H](C)C(=O)N[C@@H](CO)C(=O)N[C@@H](CCCCN)C(=O)NCC(=O)N[C@@H](CO)C(=O)N[C@@H](CCC(=O)O)C(=O)N[C@@H](CC(=O)O)C(=O)N[C@@H](Cc1ccccc1)C(=O)N[C@@H](CC(=O)O)C(=O)N[C@@H](Cc1ccc(O)cc1)C(=O)O. The lowest BCUT2D eigenvalue weighted by Gasteiger charge is -2.31. The number of phenolic OH excluding ortho intramolecular Hbond substituents is 2. The molecule has 5 aromatic carbocycles. The van der Waals surface area contributed by atoms with E-state index in [0.29, 0.717) is 47.2 Å². The number of carboxylic acids is 4. The molecule has 1 aromatic heterocycles. The van der Waals surface area contributed by atoms with Crippen molar-refractivity contribution in [2.75, 3.05) is 51.4 Å². The molecule has 8 rings (SSSR count). The Morgan fingerprint density at radius 1 is 0.428 bits per heavy atom. The van der Waals surface area contributed by atoms with Crippen LogP contribution in [0.4, 0.5) is 0 Å². The van der Waals surface area contributed by atoms with E-state index in [9.17, 15) is 127 Å². The van der Waals surface area contributed by atoms with E-state index in [2.05, 4.69) is 84.7 Å². The van der Waals surface area contributed by atoms with E-state index < -0.39 is 255 Å². The van der Waals surface area contributed by atoms with E-state index in [1.165, 1.54) is 84.2 Å². The van der Waals surface area contributed by atoms with Crippen LogP contribution in [-0.2, 0) is 123 Å². The number of phenols is 2. The highest BCUT2D eigenvalue weighted by Crippen LogP contribution is 2.25. The van der Waals surface area contributed by atoms with Gasteiger partial charge in [0.15, 0.2) is 0 Å². The van der Waals surface area contributed by atoms with Gasteiger partial charge in [0.05, 0.1) is 38.6 Å². The molecule has 0 bridgehead atoms. The third kappa shape index (κ3) is 34.6. The summed E-state index contributed by atoms with van der Waals surface area (Å²) in [7, 11) is 0. The molecule has 15 atom stereocenters. The summed E-state index contributed by atoms with van der Waals surface area (Å²) < 4.78 is 0. The Balaban J connectivity index is 0.880. The molecular formula is C92H118N18O27S. The van der Waals surface area contributed by atoms with Gasteiger partial charge < -0.3 is 136 Å².